The fourth-order valence-electron chi connectivity index (χ4n) is 3.91. The molecule has 0 saturated carbocycles. The zero-order valence-electron chi connectivity index (χ0n) is 14.7. The highest BCUT2D eigenvalue weighted by atomic mass is 35.5. The summed E-state index contributed by atoms with van der Waals surface area (Å²) >= 11 is 11.7. The third kappa shape index (κ3) is 2.63. The van der Waals surface area contributed by atoms with E-state index in [0.717, 1.165) is 0 Å². The number of anilines is 2. The van der Waals surface area contributed by atoms with E-state index in [1.54, 1.807) is 16.8 Å². The molecule has 2 aromatic heterocycles. The largest absolute Gasteiger partial charge is 0.325 e. The van der Waals surface area contributed by atoms with Crippen LogP contribution in [0.15, 0.2) is 36.7 Å². The van der Waals surface area contributed by atoms with Crippen molar-refractivity contribution >= 4 is 46.5 Å². The summed E-state index contributed by atoms with van der Waals surface area (Å²) in [5, 5.41) is 10.2. The molecular weight excluding hydrogens is 420 g/mol. The van der Waals surface area contributed by atoms with Gasteiger partial charge < -0.3 is 10.6 Å². The van der Waals surface area contributed by atoms with E-state index in [1.807, 2.05) is 0 Å². The molecule has 0 bridgehead atoms. The summed E-state index contributed by atoms with van der Waals surface area (Å²) in [7, 11) is 0. The van der Waals surface area contributed by atoms with Gasteiger partial charge in [-0.1, -0.05) is 23.2 Å². The lowest BCUT2D eigenvalue weighted by Crippen LogP contribution is -2.43. The Labute approximate surface area is 173 Å². The van der Waals surface area contributed by atoms with Gasteiger partial charge in [0.15, 0.2) is 0 Å². The van der Waals surface area contributed by atoms with Crippen molar-refractivity contribution < 1.29 is 14.0 Å². The fourth-order valence-corrected chi connectivity index (χ4v) is 4.19. The SMILES string of the molecule is O=C1C[C@]2(C(=O)Nc3cc(Cl)c(F)cc32)c2cnn(Cc3ccc(Cl)cn3)c2N1. The second kappa shape index (κ2) is 6.27. The normalized spacial score (nSPS) is 19.7. The van der Waals surface area contributed by atoms with E-state index in [0.29, 0.717) is 33.3 Å². The average molecular weight is 432 g/mol. The highest BCUT2D eigenvalue weighted by Gasteiger charge is 2.54. The van der Waals surface area contributed by atoms with Gasteiger partial charge in [-0.25, -0.2) is 9.07 Å². The van der Waals surface area contributed by atoms with Crippen LogP contribution < -0.4 is 10.6 Å². The molecule has 0 radical (unpaired) electrons. The minimum absolute atomic E-state index is 0.105. The maximum absolute atomic E-state index is 14.2. The van der Waals surface area contributed by atoms with Crippen LogP contribution in [0.25, 0.3) is 0 Å². The van der Waals surface area contributed by atoms with Crippen molar-refractivity contribution in [2.24, 2.45) is 0 Å². The number of halogens is 3. The molecule has 1 aromatic carbocycles. The molecule has 2 amide bonds. The number of pyridine rings is 1. The first kappa shape index (κ1) is 18.1. The van der Waals surface area contributed by atoms with Gasteiger partial charge in [-0.15, -0.1) is 0 Å². The standard InChI is InChI=1S/C19H12Cl2FN5O2/c20-9-1-2-10(23-6-9)8-27-17-12(7-24-27)19(5-16(28)26-17)11-3-14(22)13(21)4-15(11)25-18(19)29/h1-4,6-7H,5,8H2,(H,25,29)(H,26,28)/t19-/m1/s1. The molecule has 10 heteroatoms. The highest BCUT2D eigenvalue weighted by molar-refractivity contribution is 6.31. The summed E-state index contributed by atoms with van der Waals surface area (Å²) < 4.78 is 15.8. The number of hydrogen-bond donors (Lipinski definition) is 2. The third-order valence-corrected chi connectivity index (χ3v) is 5.75. The summed E-state index contributed by atoms with van der Waals surface area (Å²) in [4.78, 5) is 29.8. The molecule has 2 aliphatic rings. The summed E-state index contributed by atoms with van der Waals surface area (Å²) in [6, 6.07) is 6.00. The monoisotopic (exact) mass is 431 g/mol. The van der Waals surface area contributed by atoms with Crippen LogP contribution in [0.5, 0.6) is 0 Å². The van der Waals surface area contributed by atoms with Gasteiger partial charge in [0.2, 0.25) is 11.8 Å². The Bertz CT molecular complexity index is 1190. The van der Waals surface area contributed by atoms with Crippen molar-refractivity contribution in [3.63, 3.8) is 0 Å². The molecule has 5 rings (SSSR count). The first-order chi connectivity index (χ1) is 13.9. The molecule has 0 saturated heterocycles. The van der Waals surface area contributed by atoms with Crippen LogP contribution in [0, 0.1) is 5.82 Å². The topological polar surface area (TPSA) is 88.9 Å². The van der Waals surface area contributed by atoms with Gasteiger partial charge in [0.25, 0.3) is 0 Å². The molecule has 0 unspecified atom stereocenters. The lowest BCUT2D eigenvalue weighted by Gasteiger charge is -2.31. The predicted molar refractivity (Wildman–Crippen MR) is 105 cm³/mol. The number of aromatic nitrogens is 3. The van der Waals surface area contributed by atoms with E-state index < -0.39 is 17.1 Å². The van der Waals surface area contributed by atoms with Crippen LogP contribution in [0.2, 0.25) is 10.0 Å². The maximum atomic E-state index is 14.2. The van der Waals surface area contributed by atoms with E-state index in [9.17, 15) is 14.0 Å². The molecular formula is C19H12Cl2FN5O2. The van der Waals surface area contributed by atoms with Gasteiger partial charge in [0.05, 0.1) is 28.5 Å². The number of carbonyl (C=O) groups excluding carboxylic acids is 2. The Morgan fingerprint density at radius 1 is 1.14 bits per heavy atom. The smallest absolute Gasteiger partial charge is 0.240 e. The Balaban J connectivity index is 1.65. The molecule has 7 nitrogen and oxygen atoms in total. The number of carbonyl (C=O) groups is 2. The van der Waals surface area contributed by atoms with Crippen molar-refractivity contribution in [2.75, 3.05) is 10.6 Å². The average Bonchev–Trinajstić information content (AvgIpc) is 3.18. The fraction of sp³-hybridized carbons (Fsp3) is 0.158. The van der Waals surface area contributed by atoms with Gasteiger partial charge in [-0.3, -0.25) is 14.6 Å². The van der Waals surface area contributed by atoms with Crippen LogP contribution in [-0.4, -0.2) is 26.6 Å². The number of amides is 2. The van der Waals surface area contributed by atoms with Crippen LogP contribution in [0.3, 0.4) is 0 Å². The van der Waals surface area contributed by atoms with Gasteiger partial charge in [0.1, 0.15) is 17.1 Å². The minimum atomic E-state index is -1.37. The number of benzene rings is 1. The number of nitrogens with one attached hydrogen (secondary N) is 2. The molecule has 4 heterocycles. The molecule has 2 aliphatic heterocycles. The minimum Gasteiger partial charge on any atom is -0.325 e. The second-order valence-electron chi connectivity index (χ2n) is 6.93. The Morgan fingerprint density at radius 2 is 1.97 bits per heavy atom. The van der Waals surface area contributed by atoms with Crippen molar-refractivity contribution in [3.05, 3.63) is 69.3 Å². The molecule has 2 N–H and O–H groups in total. The number of fused-ring (bicyclic) bond motifs is 4. The van der Waals surface area contributed by atoms with Crippen molar-refractivity contribution in [2.45, 2.75) is 18.4 Å². The van der Waals surface area contributed by atoms with Crippen molar-refractivity contribution in [1.82, 2.24) is 14.8 Å². The molecule has 0 fully saturated rings. The van der Waals surface area contributed by atoms with Crippen LogP contribution in [0.4, 0.5) is 15.9 Å². The lowest BCUT2D eigenvalue weighted by molar-refractivity contribution is -0.125. The summed E-state index contributed by atoms with van der Waals surface area (Å²) in [5.74, 6) is -1.08. The first-order valence-corrected chi connectivity index (χ1v) is 9.41. The van der Waals surface area contributed by atoms with Crippen LogP contribution >= 0.6 is 23.2 Å². The van der Waals surface area contributed by atoms with Gasteiger partial charge in [-0.05, 0) is 29.8 Å². The number of rotatable bonds is 2. The predicted octanol–water partition coefficient (Wildman–Crippen LogP) is 3.35. The van der Waals surface area contributed by atoms with Crippen LogP contribution in [0.1, 0.15) is 23.2 Å². The van der Waals surface area contributed by atoms with E-state index in [4.69, 9.17) is 23.2 Å². The second-order valence-corrected chi connectivity index (χ2v) is 7.77. The number of hydrogen-bond acceptors (Lipinski definition) is 4. The molecule has 0 aliphatic carbocycles. The van der Waals surface area contributed by atoms with Gasteiger partial charge >= 0.3 is 0 Å². The third-order valence-electron chi connectivity index (χ3n) is 5.24. The van der Waals surface area contributed by atoms with E-state index >= 15 is 0 Å². The zero-order chi connectivity index (χ0) is 20.3. The Kier molecular flexibility index (Phi) is 3.91. The van der Waals surface area contributed by atoms with Crippen molar-refractivity contribution in [1.29, 1.82) is 0 Å². The van der Waals surface area contributed by atoms with Crippen molar-refractivity contribution in [3.8, 4) is 0 Å². The van der Waals surface area contributed by atoms with Gasteiger partial charge in [-0.2, -0.15) is 5.10 Å². The summed E-state index contributed by atoms with van der Waals surface area (Å²) in [6.45, 7) is 0.256. The molecule has 1 spiro atoms. The van der Waals surface area contributed by atoms with E-state index in [2.05, 4.69) is 20.7 Å². The van der Waals surface area contributed by atoms with E-state index in [1.165, 1.54) is 24.5 Å². The summed E-state index contributed by atoms with van der Waals surface area (Å²) in [6.07, 6.45) is 2.87. The van der Waals surface area contributed by atoms with E-state index in [-0.39, 0.29) is 23.9 Å². The maximum Gasteiger partial charge on any atom is 0.240 e. The zero-order valence-corrected chi connectivity index (χ0v) is 16.2. The quantitative estimate of drug-likeness (QED) is 0.650. The number of nitrogens with zero attached hydrogens (tertiary/aromatic N) is 3. The van der Waals surface area contributed by atoms with Gasteiger partial charge in [0, 0.05) is 23.9 Å². The summed E-state index contributed by atoms with van der Waals surface area (Å²) in [5.41, 5.74) is 0.538. The molecule has 3 aromatic rings. The first-order valence-electron chi connectivity index (χ1n) is 8.66. The molecule has 29 heavy (non-hydrogen) atoms. The molecule has 146 valence electrons. The van der Waals surface area contributed by atoms with Crippen LogP contribution in [-0.2, 0) is 21.5 Å². The highest BCUT2D eigenvalue weighted by Crippen LogP contribution is 2.50. The molecule has 1 atom stereocenters. The Hall–Kier alpha value is -2.97. The Morgan fingerprint density at radius 3 is 2.72 bits per heavy atom. The lowest BCUT2D eigenvalue weighted by atomic mass is 9.72.